The maximum absolute atomic E-state index is 14.0. The molecule has 2 aromatic rings. The number of halogens is 3. The predicted octanol–water partition coefficient (Wildman–Crippen LogP) is 5.40. The number of hydrogen-bond acceptors (Lipinski definition) is 1. The van der Waals surface area contributed by atoms with Crippen LogP contribution in [0.25, 0.3) is 0 Å². The minimum absolute atomic E-state index is 0.181. The highest BCUT2D eigenvalue weighted by molar-refractivity contribution is 9.11. The van der Waals surface area contributed by atoms with Gasteiger partial charge in [-0.05, 0) is 36.2 Å². The number of benzene rings is 2. The number of ether oxygens (including phenoxy) is 1. The Morgan fingerprint density at radius 2 is 2.10 bits per heavy atom. The second-order valence-electron chi connectivity index (χ2n) is 5.00. The topological polar surface area (TPSA) is 9.23 Å². The van der Waals surface area contributed by atoms with Gasteiger partial charge in [-0.1, -0.05) is 50.1 Å². The Bertz CT molecular complexity index is 637. The fraction of sp³-hybridized carbons (Fsp3) is 0.250. The molecule has 0 amide bonds. The highest BCUT2D eigenvalue weighted by atomic mass is 79.9. The number of fused-ring (bicyclic) bond motifs is 1. The van der Waals surface area contributed by atoms with Crippen molar-refractivity contribution in [1.29, 1.82) is 0 Å². The van der Waals surface area contributed by atoms with Crippen molar-refractivity contribution in [2.75, 3.05) is 0 Å². The van der Waals surface area contributed by atoms with Crippen LogP contribution in [0.4, 0.5) is 4.39 Å². The van der Waals surface area contributed by atoms with Crippen LogP contribution in [0.2, 0.25) is 0 Å². The lowest BCUT2D eigenvalue weighted by atomic mass is 10.0. The van der Waals surface area contributed by atoms with Gasteiger partial charge in [-0.2, -0.15) is 0 Å². The van der Waals surface area contributed by atoms with E-state index in [9.17, 15) is 4.39 Å². The third kappa shape index (κ3) is 2.51. The summed E-state index contributed by atoms with van der Waals surface area (Å²) >= 11 is 7.03. The zero-order valence-electron chi connectivity index (χ0n) is 10.9. The van der Waals surface area contributed by atoms with Crippen molar-refractivity contribution in [2.45, 2.75) is 24.3 Å². The standard InChI is InChI=1S/C16H13Br2FO/c1-9-7-11-8-10(5-6-14(11)20-9)16(18)15-12(17)3-2-4-13(15)19/h2-6,8-9,16H,7H2,1H3. The molecule has 4 heteroatoms. The summed E-state index contributed by atoms with van der Waals surface area (Å²) in [5.74, 6) is 0.722. The van der Waals surface area contributed by atoms with Crippen LogP contribution in [0.1, 0.15) is 28.4 Å². The van der Waals surface area contributed by atoms with E-state index in [2.05, 4.69) is 44.8 Å². The molecule has 2 atom stereocenters. The molecule has 0 spiro atoms. The second kappa shape index (κ2) is 5.49. The molecule has 0 saturated carbocycles. The van der Waals surface area contributed by atoms with Crippen molar-refractivity contribution in [3.8, 4) is 5.75 Å². The van der Waals surface area contributed by atoms with E-state index in [4.69, 9.17) is 4.74 Å². The second-order valence-corrected chi connectivity index (χ2v) is 6.77. The molecule has 0 aliphatic carbocycles. The van der Waals surface area contributed by atoms with Gasteiger partial charge < -0.3 is 4.74 Å². The van der Waals surface area contributed by atoms with Crippen molar-refractivity contribution < 1.29 is 9.13 Å². The SMILES string of the molecule is CC1Cc2cc(C(Br)c3c(F)cccc3Br)ccc2O1. The number of rotatable bonds is 2. The van der Waals surface area contributed by atoms with Crippen molar-refractivity contribution in [3.05, 3.63) is 63.4 Å². The largest absolute Gasteiger partial charge is 0.490 e. The molecular weight excluding hydrogens is 387 g/mol. The molecule has 1 aliphatic heterocycles. The van der Waals surface area contributed by atoms with Gasteiger partial charge in [0.25, 0.3) is 0 Å². The highest BCUT2D eigenvalue weighted by Gasteiger charge is 2.23. The molecule has 1 aliphatic rings. The molecule has 2 unspecified atom stereocenters. The molecule has 1 heterocycles. The maximum Gasteiger partial charge on any atom is 0.129 e. The minimum atomic E-state index is -0.216. The van der Waals surface area contributed by atoms with Crippen LogP contribution in [-0.2, 0) is 6.42 Å². The molecule has 2 aromatic carbocycles. The van der Waals surface area contributed by atoms with E-state index >= 15 is 0 Å². The smallest absolute Gasteiger partial charge is 0.129 e. The molecular formula is C16H13Br2FO. The first-order valence-corrected chi connectivity index (χ1v) is 8.14. The fourth-order valence-corrected chi connectivity index (χ4v) is 4.15. The van der Waals surface area contributed by atoms with Crippen molar-refractivity contribution >= 4 is 31.9 Å². The molecule has 0 radical (unpaired) electrons. The summed E-state index contributed by atoms with van der Waals surface area (Å²) in [6.45, 7) is 2.05. The van der Waals surface area contributed by atoms with E-state index in [1.165, 1.54) is 11.6 Å². The van der Waals surface area contributed by atoms with E-state index in [0.29, 0.717) is 5.56 Å². The van der Waals surface area contributed by atoms with Crippen LogP contribution in [0.15, 0.2) is 40.9 Å². The summed E-state index contributed by atoms with van der Waals surface area (Å²) < 4.78 is 20.5. The number of hydrogen-bond donors (Lipinski definition) is 0. The first-order chi connectivity index (χ1) is 9.56. The van der Waals surface area contributed by atoms with Gasteiger partial charge in [0.1, 0.15) is 17.7 Å². The van der Waals surface area contributed by atoms with Gasteiger partial charge in [-0.15, -0.1) is 0 Å². The Kier molecular flexibility index (Phi) is 3.87. The van der Waals surface area contributed by atoms with E-state index in [-0.39, 0.29) is 16.7 Å². The van der Waals surface area contributed by atoms with Gasteiger partial charge in [-0.3, -0.25) is 0 Å². The van der Waals surface area contributed by atoms with Gasteiger partial charge in [0.15, 0.2) is 0 Å². The summed E-state index contributed by atoms with van der Waals surface area (Å²) in [6, 6.07) is 11.1. The summed E-state index contributed by atoms with van der Waals surface area (Å²) in [5, 5.41) is 0. The predicted molar refractivity (Wildman–Crippen MR) is 85.1 cm³/mol. The molecule has 0 saturated heterocycles. The van der Waals surface area contributed by atoms with Gasteiger partial charge in [0.05, 0.1) is 4.83 Å². The molecule has 104 valence electrons. The van der Waals surface area contributed by atoms with Gasteiger partial charge >= 0.3 is 0 Å². The molecule has 20 heavy (non-hydrogen) atoms. The average Bonchev–Trinajstić information content (AvgIpc) is 2.77. The lowest BCUT2D eigenvalue weighted by Gasteiger charge is -2.14. The summed E-state index contributed by atoms with van der Waals surface area (Å²) in [7, 11) is 0. The Morgan fingerprint density at radius 1 is 1.30 bits per heavy atom. The summed E-state index contributed by atoms with van der Waals surface area (Å²) in [6.07, 6.45) is 1.12. The molecule has 1 nitrogen and oxygen atoms in total. The van der Waals surface area contributed by atoms with E-state index in [1.807, 2.05) is 18.2 Å². The normalized spacial score (nSPS) is 18.5. The Labute approximate surface area is 134 Å². The van der Waals surface area contributed by atoms with Crippen LogP contribution in [0, 0.1) is 5.82 Å². The zero-order valence-corrected chi connectivity index (χ0v) is 14.0. The Hall–Kier alpha value is -0.870. The van der Waals surface area contributed by atoms with E-state index < -0.39 is 0 Å². The molecule has 0 fully saturated rings. The Morgan fingerprint density at radius 3 is 2.85 bits per heavy atom. The zero-order chi connectivity index (χ0) is 14.3. The van der Waals surface area contributed by atoms with Gasteiger partial charge in [-0.25, -0.2) is 4.39 Å². The fourth-order valence-electron chi connectivity index (χ4n) is 2.52. The quantitative estimate of drug-likeness (QED) is 0.614. The molecule has 0 N–H and O–H groups in total. The van der Waals surface area contributed by atoms with E-state index in [0.717, 1.165) is 22.2 Å². The lowest BCUT2D eigenvalue weighted by Crippen LogP contribution is -2.05. The summed E-state index contributed by atoms with van der Waals surface area (Å²) in [4.78, 5) is -0.181. The molecule has 3 rings (SSSR count). The third-order valence-electron chi connectivity index (χ3n) is 3.47. The highest BCUT2D eigenvalue weighted by Crippen LogP contribution is 2.39. The summed E-state index contributed by atoms with van der Waals surface area (Å²) in [5.41, 5.74) is 2.85. The molecule has 0 aromatic heterocycles. The van der Waals surface area contributed by atoms with Crippen LogP contribution < -0.4 is 4.74 Å². The average molecular weight is 400 g/mol. The van der Waals surface area contributed by atoms with Gasteiger partial charge in [0.2, 0.25) is 0 Å². The molecule has 0 bridgehead atoms. The van der Waals surface area contributed by atoms with Crippen LogP contribution in [0.3, 0.4) is 0 Å². The third-order valence-corrected chi connectivity index (χ3v) is 5.14. The Balaban J connectivity index is 2.00. The lowest BCUT2D eigenvalue weighted by molar-refractivity contribution is 0.254. The van der Waals surface area contributed by atoms with Crippen LogP contribution >= 0.6 is 31.9 Å². The maximum atomic E-state index is 14.0. The first kappa shape index (κ1) is 14.1. The van der Waals surface area contributed by atoms with Crippen LogP contribution in [-0.4, -0.2) is 6.10 Å². The van der Waals surface area contributed by atoms with Crippen molar-refractivity contribution in [2.24, 2.45) is 0 Å². The monoisotopic (exact) mass is 398 g/mol. The van der Waals surface area contributed by atoms with Crippen LogP contribution in [0.5, 0.6) is 5.75 Å². The van der Waals surface area contributed by atoms with E-state index in [1.54, 1.807) is 6.07 Å². The van der Waals surface area contributed by atoms with Crippen molar-refractivity contribution in [1.82, 2.24) is 0 Å². The first-order valence-electron chi connectivity index (χ1n) is 6.43. The van der Waals surface area contributed by atoms with Gasteiger partial charge in [0, 0.05) is 16.5 Å². The minimum Gasteiger partial charge on any atom is -0.490 e. The van der Waals surface area contributed by atoms with Crippen molar-refractivity contribution in [3.63, 3.8) is 0 Å². The number of alkyl halides is 1.